The Morgan fingerprint density at radius 3 is 2.47 bits per heavy atom. The minimum absolute atomic E-state index is 0. The fraction of sp³-hybridized carbons (Fsp3) is 0.417. The summed E-state index contributed by atoms with van der Waals surface area (Å²) < 4.78 is 0. The number of benzene rings is 1. The van der Waals surface area contributed by atoms with Crippen LogP contribution < -0.4 is 5.32 Å². The zero-order valence-electron chi connectivity index (χ0n) is 10.0. The molecule has 2 rings (SSSR count). The van der Waals surface area contributed by atoms with Crippen molar-refractivity contribution in [3.05, 3.63) is 35.4 Å². The van der Waals surface area contributed by atoms with Crippen molar-refractivity contribution < 1.29 is 23.4 Å². The first-order valence-corrected chi connectivity index (χ1v) is 5.20. The molecule has 1 aromatic carbocycles. The molecule has 1 heterocycles. The third-order valence-corrected chi connectivity index (χ3v) is 2.82. The average Bonchev–Trinajstić information content (AvgIpc) is 2.27. The van der Waals surface area contributed by atoms with Crippen LogP contribution in [0.5, 0.6) is 0 Å². The Morgan fingerprint density at radius 1 is 1.29 bits per heavy atom. The van der Waals surface area contributed by atoms with E-state index in [4.69, 9.17) is 0 Å². The predicted octanol–water partition coefficient (Wildman–Crippen LogP) is 1.21. The van der Waals surface area contributed by atoms with Gasteiger partial charge in [-0.1, -0.05) is 24.3 Å². The van der Waals surface area contributed by atoms with Gasteiger partial charge in [-0.15, -0.1) is 12.4 Å². The first kappa shape index (κ1) is 16.5. The average molecular weight is 292 g/mol. The molecule has 93 valence electrons. The van der Waals surface area contributed by atoms with Crippen LogP contribution in [0.2, 0.25) is 0 Å². The summed E-state index contributed by atoms with van der Waals surface area (Å²) >= 11 is 0. The van der Waals surface area contributed by atoms with E-state index in [2.05, 4.69) is 17.4 Å². The van der Waals surface area contributed by atoms with Gasteiger partial charge in [-0.2, -0.15) is 0 Å². The molecular formula is C12H17ClN2OV. The van der Waals surface area contributed by atoms with Crippen molar-refractivity contribution in [1.82, 2.24) is 10.2 Å². The normalized spacial score (nSPS) is 17.2. The van der Waals surface area contributed by atoms with Crippen molar-refractivity contribution in [1.29, 1.82) is 0 Å². The summed E-state index contributed by atoms with van der Waals surface area (Å²) in [7, 11) is 3.59. The van der Waals surface area contributed by atoms with Gasteiger partial charge in [0.15, 0.2) is 0 Å². The van der Waals surface area contributed by atoms with Crippen molar-refractivity contribution in [2.75, 3.05) is 14.1 Å². The molecule has 5 heteroatoms. The number of amides is 1. The maximum Gasteiger partial charge on any atom is 0.239 e. The van der Waals surface area contributed by atoms with E-state index in [1.54, 1.807) is 19.0 Å². The van der Waals surface area contributed by atoms with Crippen LogP contribution in [0.1, 0.15) is 11.1 Å². The smallest absolute Gasteiger partial charge is 0.239 e. The van der Waals surface area contributed by atoms with Gasteiger partial charge in [-0.05, 0) is 17.5 Å². The minimum atomic E-state index is -0.0603. The fourth-order valence-corrected chi connectivity index (χ4v) is 1.94. The molecule has 17 heavy (non-hydrogen) atoms. The molecule has 1 amide bonds. The molecular weight excluding hydrogens is 275 g/mol. The number of rotatable bonds is 1. The summed E-state index contributed by atoms with van der Waals surface area (Å²) in [5, 5.41) is 3.27. The quantitative estimate of drug-likeness (QED) is 0.843. The summed E-state index contributed by atoms with van der Waals surface area (Å²) in [5.41, 5.74) is 2.59. The Labute approximate surface area is 120 Å². The van der Waals surface area contributed by atoms with Crippen LogP contribution in [-0.2, 0) is 36.3 Å². The molecule has 1 aromatic rings. The van der Waals surface area contributed by atoms with Gasteiger partial charge in [0, 0.05) is 39.2 Å². The molecule has 0 saturated heterocycles. The summed E-state index contributed by atoms with van der Waals surface area (Å²) in [6.07, 6.45) is 0.799. The van der Waals surface area contributed by atoms with Gasteiger partial charge in [-0.3, -0.25) is 4.79 Å². The van der Waals surface area contributed by atoms with E-state index in [-0.39, 0.29) is 42.9 Å². The largest absolute Gasteiger partial charge is 0.347 e. The molecule has 0 spiro atoms. The molecule has 0 saturated carbocycles. The number of nitrogens with zero attached hydrogens (tertiary/aromatic N) is 1. The molecule has 0 fully saturated rings. The van der Waals surface area contributed by atoms with Gasteiger partial charge in [0.2, 0.25) is 5.91 Å². The Morgan fingerprint density at radius 2 is 1.88 bits per heavy atom. The second-order valence-electron chi connectivity index (χ2n) is 4.14. The number of hydrogen-bond donors (Lipinski definition) is 1. The summed E-state index contributed by atoms with van der Waals surface area (Å²) in [6.45, 7) is 0.792. The Balaban J connectivity index is 0.00000128. The van der Waals surface area contributed by atoms with E-state index in [9.17, 15) is 4.79 Å². The Hall–Kier alpha value is -0.476. The molecule has 3 nitrogen and oxygen atoms in total. The first-order chi connectivity index (χ1) is 7.18. The van der Waals surface area contributed by atoms with Gasteiger partial charge in [0.25, 0.3) is 0 Å². The van der Waals surface area contributed by atoms with E-state index >= 15 is 0 Å². The number of carbonyl (C=O) groups is 1. The van der Waals surface area contributed by atoms with Gasteiger partial charge < -0.3 is 10.2 Å². The van der Waals surface area contributed by atoms with Crippen molar-refractivity contribution in [2.24, 2.45) is 0 Å². The number of likely N-dealkylation sites (N-methyl/N-ethyl adjacent to an activating group) is 1. The van der Waals surface area contributed by atoms with Crippen LogP contribution in [0, 0.1) is 0 Å². The van der Waals surface area contributed by atoms with E-state index < -0.39 is 0 Å². The molecule has 1 atom stereocenters. The molecule has 0 unspecified atom stereocenters. The molecule has 1 aliphatic rings. The molecule has 0 aliphatic carbocycles. The second kappa shape index (κ2) is 7.07. The summed E-state index contributed by atoms with van der Waals surface area (Å²) in [6, 6.07) is 8.22. The van der Waals surface area contributed by atoms with Crippen LogP contribution in [0.3, 0.4) is 0 Å². The van der Waals surface area contributed by atoms with Crippen LogP contribution in [0.15, 0.2) is 24.3 Å². The second-order valence-corrected chi connectivity index (χ2v) is 4.14. The number of fused-ring (bicyclic) bond motifs is 1. The van der Waals surface area contributed by atoms with E-state index in [0.717, 1.165) is 13.0 Å². The molecule has 1 N–H and O–H groups in total. The number of hydrogen-bond acceptors (Lipinski definition) is 2. The van der Waals surface area contributed by atoms with Gasteiger partial charge in [0.05, 0.1) is 6.04 Å². The molecule has 0 aromatic heterocycles. The first-order valence-electron chi connectivity index (χ1n) is 5.20. The van der Waals surface area contributed by atoms with Crippen LogP contribution in [0.25, 0.3) is 0 Å². The zero-order chi connectivity index (χ0) is 10.8. The third-order valence-electron chi connectivity index (χ3n) is 2.82. The standard InChI is InChI=1S/C12H16N2O.ClH.V/c1-14(2)12(15)11-7-9-5-3-4-6-10(9)8-13-11;;/h3-6,11,13H,7-8H2,1-2H3;1H;/t11-;;/m0../s1. The van der Waals surface area contributed by atoms with Gasteiger partial charge in [-0.25, -0.2) is 0 Å². The van der Waals surface area contributed by atoms with Crippen molar-refractivity contribution >= 4 is 18.3 Å². The Bertz CT molecular complexity index is 385. The van der Waals surface area contributed by atoms with Gasteiger partial charge >= 0.3 is 0 Å². The summed E-state index contributed by atoms with van der Waals surface area (Å²) in [5.74, 6) is 0.157. The van der Waals surface area contributed by atoms with Crippen molar-refractivity contribution in [3.8, 4) is 0 Å². The monoisotopic (exact) mass is 291 g/mol. The van der Waals surface area contributed by atoms with Crippen LogP contribution in [-0.4, -0.2) is 30.9 Å². The zero-order valence-corrected chi connectivity index (χ0v) is 12.2. The van der Waals surface area contributed by atoms with Crippen molar-refractivity contribution in [2.45, 2.75) is 19.0 Å². The van der Waals surface area contributed by atoms with Crippen LogP contribution in [0.4, 0.5) is 0 Å². The number of carbonyl (C=O) groups excluding carboxylic acids is 1. The predicted molar refractivity (Wildman–Crippen MR) is 66.7 cm³/mol. The van der Waals surface area contributed by atoms with E-state index in [1.807, 2.05) is 12.1 Å². The Kier molecular flexibility index (Phi) is 6.87. The van der Waals surface area contributed by atoms with Gasteiger partial charge in [0.1, 0.15) is 0 Å². The summed E-state index contributed by atoms with van der Waals surface area (Å²) in [4.78, 5) is 13.4. The van der Waals surface area contributed by atoms with E-state index in [0.29, 0.717) is 0 Å². The SMILES string of the molecule is CN(C)C(=O)[C@@H]1Cc2ccccc2CN1.Cl.[V]. The third kappa shape index (κ3) is 3.75. The van der Waals surface area contributed by atoms with Crippen LogP contribution >= 0.6 is 12.4 Å². The molecule has 1 radical (unpaired) electrons. The topological polar surface area (TPSA) is 32.3 Å². The minimum Gasteiger partial charge on any atom is -0.347 e. The maximum absolute atomic E-state index is 11.8. The fourth-order valence-electron chi connectivity index (χ4n) is 1.94. The maximum atomic E-state index is 11.8. The molecule has 0 bridgehead atoms. The van der Waals surface area contributed by atoms with Crippen molar-refractivity contribution in [3.63, 3.8) is 0 Å². The molecule has 1 aliphatic heterocycles. The van der Waals surface area contributed by atoms with E-state index in [1.165, 1.54) is 11.1 Å². The number of halogens is 1. The number of nitrogens with one attached hydrogen (secondary N) is 1.